The van der Waals surface area contributed by atoms with E-state index < -0.39 is 0 Å². The van der Waals surface area contributed by atoms with Crippen LogP contribution in [0.4, 0.5) is 5.69 Å². The molecule has 0 amide bonds. The van der Waals surface area contributed by atoms with E-state index in [1.165, 1.54) is 30.5 Å². The summed E-state index contributed by atoms with van der Waals surface area (Å²) >= 11 is 0. The highest BCUT2D eigenvalue weighted by Crippen LogP contribution is 2.39. The van der Waals surface area contributed by atoms with Gasteiger partial charge in [-0.1, -0.05) is 18.2 Å². The minimum absolute atomic E-state index is 0.530. The quantitative estimate of drug-likeness (QED) is 0.731. The Labute approximate surface area is 104 Å². The van der Waals surface area contributed by atoms with Crippen LogP contribution in [0.25, 0.3) is 0 Å². The topological polar surface area (TPSA) is 6.48 Å². The molecule has 0 N–H and O–H groups in total. The van der Waals surface area contributed by atoms with Gasteiger partial charge < -0.3 is 4.90 Å². The number of para-hydroxylation sites is 1. The molecule has 17 heavy (non-hydrogen) atoms. The normalized spacial score (nSPS) is 33.1. The van der Waals surface area contributed by atoms with Gasteiger partial charge in [0.05, 0.1) is 6.17 Å². The van der Waals surface area contributed by atoms with Crippen LogP contribution in [0.15, 0.2) is 24.3 Å². The second-order valence-corrected chi connectivity index (χ2v) is 5.61. The molecule has 2 heteroatoms. The Hall–Kier alpha value is -1.02. The Bertz CT molecular complexity index is 415. The van der Waals surface area contributed by atoms with Gasteiger partial charge in [-0.05, 0) is 51.8 Å². The van der Waals surface area contributed by atoms with Gasteiger partial charge in [0, 0.05) is 17.8 Å². The van der Waals surface area contributed by atoms with Crippen molar-refractivity contribution in [3.63, 3.8) is 0 Å². The predicted molar refractivity (Wildman–Crippen MR) is 72.3 cm³/mol. The number of benzene rings is 1. The third-order valence-corrected chi connectivity index (χ3v) is 4.73. The summed E-state index contributed by atoms with van der Waals surface area (Å²) in [6.07, 6.45) is 4.60. The van der Waals surface area contributed by atoms with Crippen molar-refractivity contribution in [1.82, 2.24) is 4.90 Å². The Morgan fingerprint density at radius 2 is 1.82 bits per heavy atom. The summed E-state index contributed by atoms with van der Waals surface area (Å²) in [7, 11) is 2.28. The summed E-state index contributed by atoms with van der Waals surface area (Å²) in [5.74, 6) is 0. The minimum atomic E-state index is 0.530. The van der Waals surface area contributed by atoms with Gasteiger partial charge in [-0.15, -0.1) is 0 Å². The van der Waals surface area contributed by atoms with Crippen molar-refractivity contribution in [2.45, 2.75) is 51.4 Å². The zero-order valence-electron chi connectivity index (χ0n) is 11.1. The Morgan fingerprint density at radius 1 is 1.12 bits per heavy atom. The summed E-state index contributed by atoms with van der Waals surface area (Å²) in [4.78, 5) is 5.19. The number of aryl methyl sites for hydroxylation is 1. The van der Waals surface area contributed by atoms with Crippen LogP contribution in [0.2, 0.25) is 0 Å². The van der Waals surface area contributed by atoms with Gasteiger partial charge in [0.25, 0.3) is 0 Å². The number of fused-ring (bicyclic) bond motifs is 2. The zero-order valence-corrected chi connectivity index (χ0v) is 11.1. The summed E-state index contributed by atoms with van der Waals surface area (Å²) in [5, 5.41) is 0. The molecule has 0 spiro atoms. The second-order valence-electron chi connectivity index (χ2n) is 5.61. The van der Waals surface area contributed by atoms with Crippen molar-refractivity contribution in [1.29, 1.82) is 0 Å². The number of nitrogens with zero attached hydrogens (tertiary/aromatic N) is 2. The summed E-state index contributed by atoms with van der Waals surface area (Å²) < 4.78 is 0. The molecule has 2 bridgehead atoms. The van der Waals surface area contributed by atoms with Crippen molar-refractivity contribution < 1.29 is 0 Å². The first-order chi connectivity index (χ1) is 8.18. The van der Waals surface area contributed by atoms with E-state index in [1.54, 1.807) is 0 Å². The lowest BCUT2D eigenvalue weighted by atomic mass is 10.0. The third kappa shape index (κ3) is 1.66. The highest BCUT2D eigenvalue weighted by atomic mass is 15.4. The van der Waals surface area contributed by atoms with Crippen LogP contribution in [-0.2, 0) is 0 Å². The van der Waals surface area contributed by atoms with Crippen molar-refractivity contribution >= 4 is 5.69 Å². The average molecular weight is 230 g/mol. The fourth-order valence-electron chi connectivity index (χ4n) is 3.61. The molecule has 1 saturated carbocycles. The molecule has 1 aliphatic carbocycles. The Kier molecular flexibility index (Phi) is 2.62. The Morgan fingerprint density at radius 3 is 2.59 bits per heavy atom. The molecule has 0 aromatic heterocycles. The van der Waals surface area contributed by atoms with E-state index in [0.29, 0.717) is 6.17 Å². The summed E-state index contributed by atoms with van der Waals surface area (Å²) in [5.41, 5.74) is 2.83. The van der Waals surface area contributed by atoms with E-state index in [1.807, 2.05) is 0 Å². The molecular formula is C15H22N2. The second kappa shape index (κ2) is 4.02. The van der Waals surface area contributed by atoms with Crippen molar-refractivity contribution in [3.05, 3.63) is 29.8 Å². The van der Waals surface area contributed by atoms with Crippen LogP contribution in [0.3, 0.4) is 0 Å². The maximum atomic E-state index is 2.64. The number of hydrogen-bond donors (Lipinski definition) is 0. The molecule has 1 aromatic rings. The first kappa shape index (κ1) is 11.1. The molecule has 3 atom stereocenters. The average Bonchev–Trinajstić information content (AvgIpc) is 2.75. The lowest BCUT2D eigenvalue weighted by Gasteiger charge is -2.47. The maximum Gasteiger partial charge on any atom is 0.0795 e. The van der Waals surface area contributed by atoms with Crippen LogP contribution < -0.4 is 4.90 Å². The fourth-order valence-corrected chi connectivity index (χ4v) is 3.61. The molecule has 1 aromatic carbocycles. The van der Waals surface area contributed by atoms with Gasteiger partial charge in [-0.2, -0.15) is 0 Å². The predicted octanol–water partition coefficient (Wildman–Crippen LogP) is 3.01. The van der Waals surface area contributed by atoms with Crippen LogP contribution >= 0.6 is 0 Å². The minimum Gasteiger partial charge on any atom is -0.353 e. The summed E-state index contributed by atoms with van der Waals surface area (Å²) in [6.45, 7) is 4.57. The molecule has 3 rings (SSSR count). The standard InChI is InChI=1S/C15H22N2/c1-11-6-4-5-7-15(11)17-12(2)16(3)13-8-9-14(17)10-13/h4-7,12-14H,8-10H2,1-3H3. The largest absolute Gasteiger partial charge is 0.353 e. The van der Waals surface area contributed by atoms with Crippen LogP contribution in [0.1, 0.15) is 31.7 Å². The third-order valence-electron chi connectivity index (χ3n) is 4.73. The molecule has 3 unspecified atom stereocenters. The van der Waals surface area contributed by atoms with Crippen molar-refractivity contribution in [3.8, 4) is 0 Å². The first-order valence-electron chi connectivity index (χ1n) is 6.74. The molecule has 92 valence electrons. The van der Waals surface area contributed by atoms with E-state index in [-0.39, 0.29) is 0 Å². The van der Waals surface area contributed by atoms with E-state index in [0.717, 1.165) is 12.1 Å². The van der Waals surface area contributed by atoms with Gasteiger partial charge in [0.1, 0.15) is 0 Å². The Balaban J connectivity index is 1.99. The van der Waals surface area contributed by atoms with Crippen LogP contribution in [0, 0.1) is 6.92 Å². The maximum absolute atomic E-state index is 2.64. The highest BCUT2D eigenvalue weighted by molar-refractivity contribution is 5.55. The van der Waals surface area contributed by atoms with E-state index in [4.69, 9.17) is 0 Å². The highest BCUT2D eigenvalue weighted by Gasteiger charge is 2.41. The molecule has 1 heterocycles. The fraction of sp³-hybridized carbons (Fsp3) is 0.600. The van der Waals surface area contributed by atoms with Crippen LogP contribution in [-0.4, -0.2) is 30.2 Å². The van der Waals surface area contributed by atoms with Gasteiger partial charge in [-0.25, -0.2) is 0 Å². The molecule has 0 radical (unpaired) electrons. The van der Waals surface area contributed by atoms with Crippen LogP contribution in [0.5, 0.6) is 0 Å². The van der Waals surface area contributed by atoms with E-state index >= 15 is 0 Å². The molecule has 2 fully saturated rings. The van der Waals surface area contributed by atoms with Crippen molar-refractivity contribution in [2.75, 3.05) is 11.9 Å². The number of rotatable bonds is 1. The SMILES string of the molecule is Cc1ccccc1N1C2CCC(C2)N(C)C1C. The van der Waals surface area contributed by atoms with E-state index in [9.17, 15) is 0 Å². The smallest absolute Gasteiger partial charge is 0.0795 e. The monoisotopic (exact) mass is 230 g/mol. The molecule has 1 saturated heterocycles. The lowest BCUT2D eigenvalue weighted by Crippen LogP contribution is -2.56. The number of hydrogen-bond acceptors (Lipinski definition) is 2. The lowest BCUT2D eigenvalue weighted by molar-refractivity contribution is 0.149. The molecular weight excluding hydrogens is 208 g/mol. The van der Waals surface area contributed by atoms with Gasteiger partial charge in [0.2, 0.25) is 0 Å². The van der Waals surface area contributed by atoms with Crippen molar-refractivity contribution in [2.24, 2.45) is 0 Å². The molecule has 2 nitrogen and oxygen atoms in total. The molecule has 2 aliphatic rings. The first-order valence-corrected chi connectivity index (χ1v) is 6.74. The van der Waals surface area contributed by atoms with Gasteiger partial charge in [0.15, 0.2) is 0 Å². The van der Waals surface area contributed by atoms with Gasteiger partial charge in [-0.3, -0.25) is 4.90 Å². The molecule has 1 aliphatic heterocycles. The van der Waals surface area contributed by atoms with E-state index in [2.05, 4.69) is 55.0 Å². The number of anilines is 1. The zero-order chi connectivity index (χ0) is 12.0. The van der Waals surface area contributed by atoms with Gasteiger partial charge >= 0.3 is 0 Å². The summed E-state index contributed by atoms with van der Waals surface area (Å²) in [6, 6.07) is 10.4.